The number of rotatable bonds is 5. The highest BCUT2D eigenvalue weighted by molar-refractivity contribution is 9.10. The Morgan fingerprint density at radius 2 is 2.27 bits per heavy atom. The SMILES string of the molecule is CC(C)CCCOc1ncc(Cl)cc1Br. The molecule has 84 valence electrons. The molecule has 2 nitrogen and oxygen atoms in total. The molecular weight excluding hydrogens is 277 g/mol. The molecule has 0 saturated heterocycles. The summed E-state index contributed by atoms with van der Waals surface area (Å²) in [6.45, 7) is 5.11. The molecule has 0 saturated carbocycles. The van der Waals surface area contributed by atoms with Gasteiger partial charge >= 0.3 is 0 Å². The van der Waals surface area contributed by atoms with Gasteiger partial charge in [-0.05, 0) is 40.8 Å². The molecule has 0 aliphatic carbocycles. The molecule has 1 aromatic heterocycles. The van der Waals surface area contributed by atoms with Crippen molar-refractivity contribution in [1.82, 2.24) is 4.98 Å². The molecular formula is C11H15BrClNO. The minimum Gasteiger partial charge on any atom is -0.477 e. The first kappa shape index (κ1) is 12.8. The highest BCUT2D eigenvalue weighted by Crippen LogP contribution is 2.25. The zero-order chi connectivity index (χ0) is 11.3. The van der Waals surface area contributed by atoms with Crippen molar-refractivity contribution in [3.8, 4) is 5.88 Å². The van der Waals surface area contributed by atoms with Gasteiger partial charge in [-0.15, -0.1) is 0 Å². The number of nitrogens with zero attached hydrogens (tertiary/aromatic N) is 1. The lowest BCUT2D eigenvalue weighted by atomic mass is 10.1. The summed E-state index contributed by atoms with van der Waals surface area (Å²) in [6, 6.07) is 1.78. The maximum absolute atomic E-state index is 5.77. The van der Waals surface area contributed by atoms with Crippen molar-refractivity contribution in [3.05, 3.63) is 21.8 Å². The summed E-state index contributed by atoms with van der Waals surface area (Å²) in [5.74, 6) is 1.33. The number of ether oxygens (including phenoxy) is 1. The van der Waals surface area contributed by atoms with Gasteiger partial charge in [-0.1, -0.05) is 25.4 Å². The summed E-state index contributed by atoms with van der Waals surface area (Å²) >= 11 is 9.13. The van der Waals surface area contributed by atoms with E-state index in [0.29, 0.717) is 17.5 Å². The molecule has 1 rings (SSSR count). The Morgan fingerprint density at radius 1 is 1.53 bits per heavy atom. The largest absolute Gasteiger partial charge is 0.477 e. The third kappa shape index (κ3) is 4.85. The topological polar surface area (TPSA) is 22.1 Å². The highest BCUT2D eigenvalue weighted by atomic mass is 79.9. The molecule has 0 amide bonds. The molecule has 0 atom stereocenters. The Kier molecular flexibility index (Phi) is 5.40. The Morgan fingerprint density at radius 3 is 2.87 bits per heavy atom. The minimum atomic E-state index is 0.608. The van der Waals surface area contributed by atoms with Crippen LogP contribution in [0.3, 0.4) is 0 Å². The van der Waals surface area contributed by atoms with Gasteiger partial charge < -0.3 is 4.74 Å². The number of aromatic nitrogens is 1. The molecule has 1 aromatic rings. The highest BCUT2D eigenvalue weighted by Gasteiger charge is 2.03. The van der Waals surface area contributed by atoms with E-state index in [4.69, 9.17) is 16.3 Å². The van der Waals surface area contributed by atoms with E-state index in [0.717, 1.165) is 16.8 Å². The van der Waals surface area contributed by atoms with Gasteiger partial charge in [0.25, 0.3) is 0 Å². The molecule has 0 aromatic carbocycles. The molecule has 0 N–H and O–H groups in total. The van der Waals surface area contributed by atoms with Crippen LogP contribution in [0.5, 0.6) is 5.88 Å². The van der Waals surface area contributed by atoms with Gasteiger partial charge in [0.1, 0.15) is 0 Å². The van der Waals surface area contributed by atoms with Crippen LogP contribution in [-0.4, -0.2) is 11.6 Å². The van der Waals surface area contributed by atoms with Gasteiger partial charge in [0.05, 0.1) is 16.1 Å². The van der Waals surface area contributed by atoms with Crippen LogP contribution in [0.1, 0.15) is 26.7 Å². The van der Waals surface area contributed by atoms with E-state index < -0.39 is 0 Å². The van der Waals surface area contributed by atoms with Gasteiger partial charge in [0.2, 0.25) is 5.88 Å². The van der Waals surface area contributed by atoms with Gasteiger partial charge in [-0.25, -0.2) is 4.98 Å². The lowest BCUT2D eigenvalue weighted by Gasteiger charge is -2.08. The van der Waals surface area contributed by atoms with Gasteiger partial charge in [0, 0.05) is 6.20 Å². The second kappa shape index (κ2) is 6.33. The fourth-order valence-corrected chi connectivity index (χ4v) is 1.92. The summed E-state index contributed by atoms with van der Waals surface area (Å²) in [5.41, 5.74) is 0. The monoisotopic (exact) mass is 291 g/mol. The van der Waals surface area contributed by atoms with Crippen LogP contribution in [0, 0.1) is 5.92 Å². The van der Waals surface area contributed by atoms with Gasteiger partial charge in [0.15, 0.2) is 0 Å². The predicted octanol–water partition coefficient (Wildman–Crippen LogP) is 4.31. The van der Waals surface area contributed by atoms with Crippen molar-refractivity contribution in [2.75, 3.05) is 6.61 Å². The van der Waals surface area contributed by atoms with E-state index in [1.54, 1.807) is 12.3 Å². The molecule has 0 aliphatic rings. The second-order valence-electron chi connectivity index (χ2n) is 3.83. The lowest BCUT2D eigenvalue weighted by Crippen LogP contribution is -2.01. The van der Waals surface area contributed by atoms with Crippen LogP contribution < -0.4 is 4.74 Å². The number of hydrogen-bond donors (Lipinski definition) is 0. The predicted molar refractivity (Wildman–Crippen MR) is 66.5 cm³/mol. The van der Waals surface area contributed by atoms with Gasteiger partial charge in [-0.2, -0.15) is 0 Å². The van der Waals surface area contributed by atoms with Crippen molar-refractivity contribution in [2.24, 2.45) is 5.92 Å². The Balaban J connectivity index is 2.37. The summed E-state index contributed by atoms with van der Waals surface area (Å²) in [7, 11) is 0. The zero-order valence-electron chi connectivity index (χ0n) is 8.96. The van der Waals surface area contributed by atoms with Crippen LogP contribution in [0.15, 0.2) is 16.7 Å². The molecule has 1 heterocycles. The normalized spacial score (nSPS) is 10.7. The summed E-state index contributed by atoms with van der Waals surface area (Å²) in [6.07, 6.45) is 3.81. The lowest BCUT2D eigenvalue weighted by molar-refractivity contribution is 0.285. The molecule has 0 fully saturated rings. The van der Waals surface area contributed by atoms with Crippen molar-refractivity contribution in [2.45, 2.75) is 26.7 Å². The maximum Gasteiger partial charge on any atom is 0.228 e. The number of pyridine rings is 1. The van der Waals surface area contributed by atoms with E-state index in [2.05, 4.69) is 34.8 Å². The van der Waals surface area contributed by atoms with Crippen LogP contribution in [0.4, 0.5) is 0 Å². The average Bonchev–Trinajstić information content (AvgIpc) is 2.14. The van der Waals surface area contributed by atoms with Crippen LogP contribution in [-0.2, 0) is 0 Å². The standard InChI is InChI=1S/C11H15BrClNO/c1-8(2)4-3-5-15-11-10(12)6-9(13)7-14-11/h6-8H,3-5H2,1-2H3. The van der Waals surface area contributed by atoms with Crippen molar-refractivity contribution in [3.63, 3.8) is 0 Å². The molecule has 0 spiro atoms. The smallest absolute Gasteiger partial charge is 0.228 e. The quantitative estimate of drug-likeness (QED) is 0.754. The third-order valence-electron chi connectivity index (χ3n) is 1.94. The van der Waals surface area contributed by atoms with Crippen molar-refractivity contribution < 1.29 is 4.74 Å². The first-order valence-electron chi connectivity index (χ1n) is 5.03. The average molecular weight is 293 g/mol. The Hall–Kier alpha value is -0.280. The maximum atomic E-state index is 5.77. The van der Waals surface area contributed by atoms with E-state index in [1.165, 1.54) is 6.42 Å². The molecule has 15 heavy (non-hydrogen) atoms. The van der Waals surface area contributed by atoms with Crippen LogP contribution in [0.2, 0.25) is 5.02 Å². The second-order valence-corrected chi connectivity index (χ2v) is 5.12. The number of hydrogen-bond acceptors (Lipinski definition) is 2. The fourth-order valence-electron chi connectivity index (χ4n) is 1.17. The Labute approximate surface area is 104 Å². The Bertz CT molecular complexity index is 317. The minimum absolute atomic E-state index is 0.608. The van der Waals surface area contributed by atoms with Gasteiger partial charge in [-0.3, -0.25) is 0 Å². The van der Waals surface area contributed by atoms with Crippen LogP contribution in [0.25, 0.3) is 0 Å². The summed E-state index contributed by atoms with van der Waals surface area (Å²) < 4.78 is 6.33. The number of halogens is 2. The molecule has 0 unspecified atom stereocenters. The first-order chi connectivity index (χ1) is 7.09. The molecule has 0 radical (unpaired) electrons. The van der Waals surface area contributed by atoms with Crippen LogP contribution >= 0.6 is 27.5 Å². The van der Waals surface area contributed by atoms with E-state index in [-0.39, 0.29) is 0 Å². The molecule has 4 heteroatoms. The van der Waals surface area contributed by atoms with E-state index in [9.17, 15) is 0 Å². The zero-order valence-corrected chi connectivity index (χ0v) is 11.3. The third-order valence-corrected chi connectivity index (χ3v) is 2.71. The fraction of sp³-hybridized carbons (Fsp3) is 0.545. The van der Waals surface area contributed by atoms with E-state index >= 15 is 0 Å². The van der Waals surface area contributed by atoms with Crippen molar-refractivity contribution in [1.29, 1.82) is 0 Å². The molecule has 0 aliphatic heterocycles. The summed E-state index contributed by atoms with van der Waals surface area (Å²) in [5, 5.41) is 0.608. The van der Waals surface area contributed by atoms with E-state index in [1.807, 2.05) is 0 Å². The van der Waals surface area contributed by atoms with Crippen molar-refractivity contribution >= 4 is 27.5 Å². The summed E-state index contributed by atoms with van der Waals surface area (Å²) in [4.78, 5) is 4.09. The molecule has 0 bridgehead atoms. The first-order valence-corrected chi connectivity index (χ1v) is 6.20.